The number of benzene rings is 2. The molecule has 2 aromatic carbocycles. The molecule has 0 bridgehead atoms. The van der Waals surface area contributed by atoms with Crippen molar-refractivity contribution in [1.82, 2.24) is 0 Å². The molecule has 0 saturated heterocycles. The topological polar surface area (TPSA) is 68.3 Å². The Bertz CT molecular complexity index is 1620. The van der Waals surface area contributed by atoms with E-state index in [9.17, 15) is 19.2 Å². The van der Waals surface area contributed by atoms with Crippen LogP contribution < -0.4 is 0 Å². The Kier molecular flexibility index (Phi) is 14.4. The summed E-state index contributed by atoms with van der Waals surface area (Å²) in [5.41, 5.74) is 9.92. The Morgan fingerprint density at radius 1 is 0.479 bits per heavy atom. The molecule has 0 fully saturated rings. The van der Waals surface area contributed by atoms with Gasteiger partial charge in [0.25, 0.3) is 0 Å². The van der Waals surface area contributed by atoms with E-state index in [-0.39, 0.29) is 23.1 Å². The van der Waals surface area contributed by atoms with Gasteiger partial charge in [-0.15, -0.1) is 0 Å². The number of fused-ring (bicyclic) bond motifs is 2. The number of ketones is 4. The fourth-order valence-electron chi connectivity index (χ4n) is 5.73. The molecule has 4 heteroatoms. The molecule has 0 radical (unpaired) electrons. The van der Waals surface area contributed by atoms with Crippen LogP contribution >= 0.6 is 0 Å². The minimum Gasteiger partial charge on any atom is -0.289 e. The Morgan fingerprint density at radius 2 is 0.792 bits per heavy atom. The van der Waals surface area contributed by atoms with Crippen molar-refractivity contribution in [3.05, 3.63) is 140 Å². The van der Waals surface area contributed by atoms with Crippen molar-refractivity contribution >= 4 is 23.1 Å². The van der Waals surface area contributed by atoms with Gasteiger partial charge < -0.3 is 0 Å². The molecule has 0 atom stereocenters. The third-order valence-corrected chi connectivity index (χ3v) is 9.45. The van der Waals surface area contributed by atoms with Gasteiger partial charge in [-0.25, -0.2) is 0 Å². The van der Waals surface area contributed by atoms with Crippen LogP contribution in [0.4, 0.5) is 0 Å². The van der Waals surface area contributed by atoms with Gasteiger partial charge in [0.1, 0.15) is 0 Å². The molecule has 0 spiro atoms. The quantitative estimate of drug-likeness (QED) is 0.216. The van der Waals surface area contributed by atoms with Crippen LogP contribution in [0.2, 0.25) is 0 Å². The number of rotatable bonds is 12. The summed E-state index contributed by atoms with van der Waals surface area (Å²) in [6, 6.07) is 14.2. The summed E-state index contributed by atoms with van der Waals surface area (Å²) >= 11 is 0. The third kappa shape index (κ3) is 9.79. The first-order chi connectivity index (χ1) is 22.9. The lowest BCUT2D eigenvalue weighted by Gasteiger charge is -2.18. The summed E-state index contributed by atoms with van der Waals surface area (Å²) in [6.45, 7) is 16.3. The van der Waals surface area contributed by atoms with Crippen molar-refractivity contribution < 1.29 is 19.2 Å². The van der Waals surface area contributed by atoms with Gasteiger partial charge in [0, 0.05) is 44.5 Å². The van der Waals surface area contributed by atoms with Crippen LogP contribution in [0.15, 0.2) is 117 Å². The fraction of sp³-hybridized carbons (Fsp3) is 0.364. The van der Waals surface area contributed by atoms with E-state index in [1.807, 2.05) is 12.1 Å². The standard InChI is InChI=1S/2C22H26O2/c2*1-5-15(2)9-8-10-16(3)13-14-18-17(4)21(23)19-11-6-7-12-20(19)22(18)24/h2*6-7,9,11-13H,5,8,10,14H2,1-4H3/b2*15-9+,16-13+. The van der Waals surface area contributed by atoms with Crippen molar-refractivity contribution in [1.29, 1.82) is 0 Å². The highest BCUT2D eigenvalue weighted by molar-refractivity contribution is 6.27. The maximum atomic E-state index is 12.7. The maximum absolute atomic E-state index is 12.7. The average Bonchev–Trinajstić information content (AvgIpc) is 3.09. The van der Waals surface area contributed by atoms with Crippen LogP contribution in [-0.4, -0.2) is 23.1 Å². The Labute approximate surface area is 288 Å². The smallest absolute Gasteiger partial charge is 0.190 e. The van der Waals surface area contributed by atoms with Gasteiger partial charge in [-0.05, 0) is 92.9 Å². The molecule has 48 heavy (non-hydrogen) atoms. The molecule has 4 nitrogen and oxygen atoms in total. The molecule has 252 valence electrons. The molecule has 0 N–H and O–H groups in total. The van der Waals surface area contributed by atoms with E-state index in [4.69, 9.17) is 0 Å². The van der Waals surface area contributed by atoms with Gasteiger partial charge in [-0.3, -0.25) is 19.2 Å². The molecule has 0 amide bonds. The monoisotopic (exact) mass is 644 g/mol. The first-order valence-corrected chi connectivity index (χ1v) is 17.3. The second kappa shape index (κ2) is 18.2. The molecular weight excluding hydrogens is 592 g/mol. The van der Waals surface area contributed by atoms with Gasteiger partial charge in [0.15, 0.2) is 23.1 Å². The Balaban J connectivity index is 0.000000260. The molecule has 0 aliphatic heterocycles. The van der Waals surface area contributed by atoms with Crippen LogP contribution in [0.5, 0.6) is 0 Å². The van der Waals surface area contributed by atoms with Crippen LogP contribution in [0, 0.1) is 0 Å². The lowest BCUT2D eigenvalue weighted by Crippen LogP contribution is -2.20. The number of carbonyl (C=O) groups is 4. The van der Waals surface area contributed by atoms with Gasteiger partial charge in [-0.1, -0.05) is 109 Å². The summed E-state index contributed by atoms with van der Waals surface area (Å²) in [4.78, 5) is 50.3. The largest absolute Gasteiger partial charge is 0.289 e. The Morgan fingerprint density at radius 3 is 1.10 bits per heavy atom. The van der Waals surface area contributed by atoms with Crippen LogP contribution in [0.25, 0.3) is 0 Å². The molecule has 0 unspecified atom stereocenters. The first-order valence-electron chi connectivity index (χ1n) is 17.3. The van der Waals surface area contributed by atoms with Crippen molar-refractivity contribution in [2.75, 3.05) is 0 Å². The Hall–Kier alpha value is -4.44. The molecule has 4 rings (SSSR count). The zero-order chi connectivity index (χ0) is 35.4. The number of hydrogen-bond acceptors (Lipinski definition) is 4. The van der Waals surface area contributed by atoms with Crippen molar-refractivity contribution in [2.24, 2.45) is 0 Å². The molecule has 2 aliphatic carbocycles. The lowest BCUT2D eigenvalue weighted by atomic mass is 9.83. The summed E-state index contributed by atoms with van der Waals surface area (Å²) in [5, 5.41) is 0. The van der Waals surface area contributed by atoms with Crippen molar-refractivity contribution in [2.45, 2.75) is 107 Å². The molecule has 0 heterocycles. The van der Waals surface area contributed by atoms with E-state index in [2.05, 4.69) is 65.8 Å². The van der Waals surface area contributed by atoms with E-state index >= 15 is 0 Å². The minimum absolute atomic E-state index is 0.00604. The SMILES string of the molecule is CC/C(C)=C/CC/C(C)=C/CC1=C(C)C(=O)c2ccccc2C1=O.CC/C(C)=C/CC/C(C)=C/CC1=C(C)C(=O)c2ccccc2C1=O. The maximum Gasteiger partial charge on any atom is 0.190 e. The van der Waals surface area contributed by atoms with Gasteiger partial charge in [-0.2, -0.15) is 0 Å². The van der Waals surface area contributed by atoms with Crippen molar-refractivity contribution in [3.63, 3.8) is 0 Å². The van der Waals surface area contributed by atoms with E-state index in [1.165, 1.54) is 22.3 Å². The number of hydrogen-bond donors (Lipinski definition) is 0. The van der Waals surface area contributed by atoms with E-state index < -0.39 is 0 Å². The zero-order valence-corrected chi connectivity index (χ0v) is 30.2. The van der Waals surface area contributed by atoms with Crippen LogP contribution in [0.1, 0.15) is 148 Å². The summed E-state index contributed by atoms with van der Waals surface area (Å²) in [6.07, 6.45) is 16.0. The molecule has 0 aromatic heterocycles. The second-order valence-electron chi connectivity index (χ2n) is 13.0. The molecule has 2 aromatic rings. The zero-order valence-electron chi connectivity index (χ0n) is 30.2. The highest BCUT2D eigenvalue weighted by Crippen LogP contribution is 2.30. The predicted molar refractivity (Wildman–Crippen MR) is 199 cm³/mol. The third-order valence-electron chi connectivity index (χ3n) is 9.45. The van der Waals surface area contributed by atoms with Crippen LogP contribution in [0.3, 0.4) is 0 Å². The van der Waals surface area contributed by atoms with Crippen LogP contribution in [-0.2, 0) is 0 Å². The molecule has 0 saturated carbocycles. The van der Waals surface area contributed by atoms with Gasteiger partial charge in [0.05, 0.1) is 0 Å². The van der Waals surface area contributed by atoms with Crippen molar-refractivity contribution in [3.8, 4) is 0 Å². The van der Waals surface area contributed by atoms with E-state index in [1.54, 1.807) is 50.2 Å². The highest BCUT2D eigenvalue weighted by atomic mass is 16.1. The lowest BCUT2D eigenvalue weighted by molar-refractivity contribution is 0.0973. The summed E-state index contributed by atoms with van der Waals surface area (Å²) < 4.78 is 0. The fourth-order valence-corrected chi connectivity index (χ4v) is 5.73. The number of allylic oxidation sites excluding steroid dienone is 12. The molecule has 2 aliphatic rings. The molecular formula is C44H52O4. The number of carbonyl (C=O) groups excluding carboxylic acids is 4. The van der Waals surface area contributed by atoms with Gasteiger partial charge in [0.2, 0.25) is 0 Å². The number of Topliss-reactive ketones (excluding diaryl/α,β-unsaturated/α-hetero) is 4. The normalized spacial score (nSPS) is 15.8. The predicted octanol–water partition coefficient (Wildman–Crippen LogP) is 11.7. The summed E-state index contributed by atoms with van der Waals surface area (Å²) in [7, 11) is 0. The van der Waals surface area contributed by atoms with E-state index in [0.29, 0.717) is 57.4 Å². The minimum atomic E-state index is -0.0206. The highest BCUT2D eigenvalue weighted by Gasteiger charge is 2.29. The summed E-state index contributed by atoms with van der Waals surface area (Å²) in [5.74, 6) is -0.0533. The second-order valence-corrected chi connectivity index (χ2v) is 13.0. The van der Waals surface area contributed by atoms with E-state index in [0.717, 1.165) is 38.5 Å². The first kappa shape index (κ1) is 38.0. The van der Waals surface area contributed by atoms with Gasteiger partial charge >= 0.3 is 0 Å². The average molecular weight is 645 g/mol.